The Bertz CT molecular complexity index is 2050. The number of aromatic nitrogens is 4. The molecule has 0 bridgehead atoms. The van der Waals surface area contributed by atoms with Crippen molar-refractivity contribution < 1.29 is 32.7 Å². The Balaban J connectivity index is 1.14. The molecule has 270 valence electrons. The van der Waals surface area contributed by atoms with Crippen molar-refractivity contribution in [3.63, 3.8) is 0 Å². The second-order valence-electron chi connectivity index (χ2n) is 12.3. The van der Waals surface area contributed by atoms with Crippen molar-refractivity contribution in [2.24, 2.45) is 0 Å². The van der Waals surface area contributed by atoms with Gasteiger partial charge in [0.1, 0.15) is 18.8 Å². The van der Waals surface area contributed by atoms with Crippen LogP contribution in [-0.4, -0.2) is 96.5 Å². The van der Waals surface area contributed by atoms with E-state index in [0.717, 1.165) is 14.7 Å². The zero-order valence-electron chi connectivity index (χ0n) is 28.6. The number of fused-ring (bicyclic) bond motifs is 2. The van der Waals surface area contributed by atoms with Gasteiger partial charge in [0.25, 0.3) is 17.7 Å². The van der Waals surface area contributed by atoms with Gasteiger partial charge in [0.05, 0.1) is 29.5 Å². The predicted molar refractivity (Wildman–Crippen MR) is 189 cm³/mol. The molecule has 0 radical (unpaired) electrons. The van der Waals surface area contributed by atoms with Gasteiger partial charge in [0, 0.05) is 25.1 Å². The lowest BCUT2D eigenvalue weighted by Gasteiger charge is -2.39. The van der Waals surface area contributed by atoms with Gasteiger partial charge in [-0.2, -0.15) is 0 Å². The summed E-state index contributed by atoms with van der Waals surface area (Å²) in [6.45, 7) is 3.69. The predicted octanol–water partition coefficient (Wildman–Crippen LogP) is 5.03. The quantitative estimate of drug-likeness (QED) is 0.140. The number of hydrogen-bond donors (Lipinski definition) is 0. The number of urea groups is 1. The first-order valence-corrected chi connectivity index (χ1v) is 18.7. The Hall–Kier alpha value is -5.42. The Morgan fingerprint density at radius 3 is 1.92 bits per heavy atom. The number of rotatable bonds is 14. The van der Waals surface area contributed by atoms with Crippen LogP contribution in [0.3, 0.4) is 0 Å². The summed E-state index contributed by atoms with van der Waals surface area (Å²) >= 11 is 2.91. The van der Waals surface area contributed by atoms with Gasteiger partial charge in [-0.05, 0) is 41.8 Å². The summed E-state index contributed by atoms with van der Waals surface area (Å²) in [5, 5.41) is 20.3. The van der Waals surface area contributed by atoms with Crippen molar-refractivity contribution >= 4 is 46.4 Å². The lowest BCUT2D eigenvalue weighted by atomic mass is 9.83. The normalized spacial score (nSPS) is 16.7. The third kappa shape index (κ3) is 6.68. The Morgan fingerprint density at radius 1 is 0.788 bits per heavy atom. The first kappa shape index (κ1) is 35.0. The van der Waals surface area contributed by atoms with E-state index in [4.69, 9.17) is 13.6 Å². The van der Waals surface area contributed by atoms with E-state index in [0.29, 0.717) is 49.0 Å². The molecule has 0 saturated carbocycles. The van der Waals surface area contributed by atoms with Crippen molar-refractivity contribution in [1.29, 1.82) is 0 Å². The SMILES string of the molecule is CCCN(Cc1nnc(-c2cccs2)o1)C(=O)CN1C(=O)N(CC(=O)N(CCC)Cc2nnc(-c3cccs3)o2)C2(CCOc3ccccc32)C1=O. The molecule has 6 heterocycles. The molecule has 1 fully saturated rings. The third-order valence-corrected chi connectivity index (χ3v) is 10.6. The molecule has 17 heteroatoms. The smallest absolute Gasteiger partial charge is 0.328 e. The van der Waals surface area contributed by atoms with E-state index in [9.17, 15) is 19.2 Å². The maximum atomic E-state index is 14.6. The summed E-state index contributed by atoms with van der Waals surface area (Å²) in [5.74, 6) is 0.115. The summed E-state index contributed by atoms with van der Waals surface area (Å²) in [6, 6.07) is 13.7. The highest BCUT2D eigenvalue weighted by Crippen LogP contribution is 2.46. The minimum atomic E-state index is -1.56. The minimum Gasteiger partial charge on any atom is -0.493 e. The summed E-state index contributed by atoms with van der Waals surface area (Å²) in [6.07, 6.45) is 1.33. The fraction of sp³-hybridized carbons (Fsp3) is 0.371. The molecule has 1 unspecified atom stereocenters. The number of para-hydroxylation sites is 1. The standard InChI is InChI=1S/C35H36N8O7S2/c1-3-14-40(19-27-36-38-31(49-27)25-11-7-17-51-25)29(44)21-42-33(46)35(13-16-48-24-10-6-5-9-23(24)35)43(34(42)47)22-30(45)41(15-4-2)20-28-37-39-32(50-28)26-12-8-18-52-26/h5-12,17-18H,3-4,13-16,19-22H2,1-2H3. The molecule has 1 aromatic carbocycles. The Kier molecular flexibility index (Phi) is 10.1. The topological polar surface area (TPSA) is 168 Å². The van der Waals surface area contributed by atoms with Gasteiger partial charge in [0.2, 0.25) is 23.6 Å². The maximum absolute atomic E-state index is 14.6. The first-order chi connectivity index (χ1) is 25.3. The van der Waals surface area contributed by atoms with Crippen LogP contribution < -0.4 is 4.74 Å². The van der Waals surface area contributed by atoms with Crippen LogP contribution in [0, 0.1) is 0 Å². The molecule has 1 saturated heterocycles. The molecule has 5 aromatic rings. The number of thiophene rings is 2. The summed E-state index contributed by atoms with van der Waals surface area (Å²) in [5.41, 5.74) is -1.10. The van der Waals surface area contributed by atoms with E-state index in [1.807, 2.05) is 48.9 Å². The molecular weight excluding hydrogens is 709 g/mol. The molecule has 7 rings (SSSR count). The van der Waals surface area contributed by atoms with E-state index < -0.39 is 42.4 Å². The fourth-order valence-electron chi connectivity index (χ4n) is 6.51. The first-order valence-electron chi connectivity index (χ1n) is 17.0. The zero-order valence-corrected chi connectivity index (χ0v) is 30.2. The average Bonchev–Trinajstić information content (AvgIpc) is 4.00. The summed E-state index contributed by atoms with van der Waals surface area (Å²) < 4.78 is 17.6. The molecule has 4 aromatic heterocycles. The zero-order chi connectivity index (χ0) is 36.2. The molecule has 2 aliphatic rings. The van der Waals surface area contributed by atoms with Crippen LogP contribution in [0.4, 0.5) is 4.79 Å². The lowest BCUT2D eigenvalue weighted by Crippen LogP contribution is -2.53. The molecule has 15 nitrogen and oxygen atoms in total. The number of hydrogen-bond acceptors (Lipinski definition) is 13. The third-order valence-electron chi connectivity index (χ3n) is 8.90. The summed E-state index contributed by atoms with van der Waals surface area (Å²) in [7, 11) is 0. The van der Waals surface area contributed by atoms with Crippen molar-refractivity contribution in [2.45, 2.75) is 51.7 Å². The second kappa shape index (κ2) is 15.1. The van der Waals surface area contributed by atoms with Crippen LogP contribution in [-0.2, 0) is 33.0 Å². The van der Waals surface area contributed by atoms with E-state index in [1.54, 1.807) is 24.3 Å². The van der Waals surface area contributed by atoms with E-state index in [2.05, 4.69) is 20.4 Å². The minimum absolute atomic E-state index is 0.00113. The van der Waals surface area contributed by atoms with Crippen LogP contribution in [0.25, 0.3) is 21.5 Å². The number of imide groups is 1. The largest absolute Gasteiger partial charge is 0.493 e. The van der Waals surface area contributed by atoms with Gasteiger partial charge in [0.15, 0.2) is 5.54 Å². The van der Waals surface area contributed by atoms with E-state index in [1.165, 1.54) is 37.4 Å². The highest BCUT2D eigenvalue weighted by Gasteiger charge is 2.61. The molecule has 52 heavy (non-hydrogen) atoms. The molecular formula is C35H36N8O7S2. The number of nitrogens with zero attached hydrogens (tertiary/aromatic N) is 8. The Morgan fingerprint density at radius 2 is 1.37 bits per heavy atom. The van der Waals surface area contributed by atoms with E-state index >= 15 is 0 Å². The molecule has 5 amide bonds. The molecule has 2 aliphatic heterocycles. The van der Waals surface area contributed by atoms with Crippen LogP contribution in [0.5, 0.6) is 5.75 Å². The molecule has 1 atom stereocenters. The number of ether oxygens (including phenoxy) is 1. The molecule has 0 N–H and O–H groups in total. The highest BCUT2D eigenvalue weighted by atomic mass is 32.1. The number of amides is 5. The number of carbonyl (C=O) groups excluding carboxylic acids is 4. The number of carbonyl (C=O) groups is 4. The van der Waals surface area contributed by atoms with Crippen LogP contribution >= 0.6 is 22.7 Å². The van der Waals surface area contributed by atoms with Gasteiger partial charge in [-0.3, -0.25) is 24.2 Å². The van der Waals surface area contributed by atoms with E-state index in [-0.39, 0.29) is 37.9 Å². The van der Waals surface area contributed by atoms with Gasteiger partial charge in [-0.25, -0.2) is 4.79 Å². The van der Waals surface area contributed by atoms with Crippen molar-refractivity contribution in [1.82, 2.24) is 40.0 Å². The van der Waals surface area contributed by atoms with Gasteiger partial charge in [-0.1, -0.05) is 44.2 Å². The molecule has 0 aliphatic carbocycles. The van der Waals surface area contributed by atoms with Gasteiger partial charge >= 0.3 is 6.03 Å². The highest BCUT2D eigenvalue weighted by molar-refractivity contribution is 7.13. The average molecular weight is 745 g/mol. The molecule has 1 spiro atoms. The lowest BCUT2D eigenvalue weighted by molar-refractivity contribution is -0.142. The van der Waals surface area contributed by atoms with Crippen molar-refractivity contribution in [3.05, 3.63) is 76.6 Å². The van der Waals surface area contributed by atoms with Crippen LogP contribution in [0.1, 0.15) is 50.5 Å². The second-order valence-corrected chi connectivity index (χ2v) is 14.2. The number of benzene rings is 1. The monoisotopic (exact) mass is 744 g/mol. The summed E-state index contributed by atoms with van der Waals surface area (Å²) in [4.78, 5) is 63.9. The van der Waals surface area contributed by atoms with Crippen LogP contribution in [0.15, 0.2) is 68.1 Å². The van der Waals surface area contributed by atoms with Crippen LogP contribution in [0.2, 0.25) is 0 Å². The van der Waals surface area contributed by atoms with Gasteiger partial charge in [-0.15, -0.1) is 43.1 Å². The van der Waals surface area contributed by atoms with Crippen molar-refractivity contribution in [2.75, 3.05) is 32.8 Å². The fourth-order valence-corrected chi connectivity index (χ4v) is 7.80. The Labute approximate surface area is 306 Å². The van der Waals surface area contributed by atoms with Gasteiger partial charge < -0.3 is 23.4 Å². The maximum Gasteiger partial charge on any atom is 0.328 e. The van der Waals surface area contributed by atoms with Crippen molar-refractivity contribution in [3.8, 4) is 27.3 Å².